The number of aliphatic hydroxyl groups is 2. The molecule has 1 saturated carbocycles. The average Bonchev–Trinajstić information content (AvgIpc) is 3.26. The highest BCUT2D eigenvalue weighted by Gasteiger charge is 2.65. The second-order valence-corrected chi connectivity index (χ2v) is 18.2. The summed E-state index contributed by atoms with van der Waals surface area (Å²) in [5, 5.41) is 25.2. The topological polar surface area (TPSA) is 140 Å². The maximum atomic E-state index is 15.1. The zero-order valence-electron chi connectivity index (χ0n) is 34.0. The summed E-state index contributed by atoms with van der Waals surface area (Å²) >= 11 is 1.66. The van der Waals surface area contributed by atoms with Crippen molar-refractivity contribution in [1.29, 1.82) is 0 Å². The smallest absolute Gasteiger partial charge is 0.245 e. The van der Waals surface area contributed by atoms with Crippen LogP contribution in [0.2, 0.25) is 0 Å². The summed E-state index contributed by atoms with van der Waals surface area (Å²) in [6.45, 7) is 6.46. The van der Waals surface area contributed by atoms with Gasteiger partial charge in [-0.15, -0.1) is 18.3 Å². The number of unbranched alkanes of at least 4 members (excludes halogenated alkanes) is 2. The Kier molecular flexibility index (Phi) is 13.8. The molecule has 4 aromatic rings. The van der Waals surface area contributed by atoms with Gasteiger partial charge in [0.05, 0.1) is 29.8 Å². The van der Waals surface area contributed by atoms with E-state index in [1.807, 2.05) is 61.7 Å². The number of aromatic nitrogens is 1. The van der Waals surface area contributed by atoms with Crippen molar-refractivity contribution in [2.24, 2.45) is 22.9 Å². The molecule has 11 nitrogen and oxygen atoms in total. The number of aliphatic hydroxyl groups excluding tert-OH is 2. The number of para-hydroxylation sites is 1. The lowest BCUT2D eigenvalue weighted by Gasteiger charge is -2.59. The molecule has 1 fully saturated rings. The van der Waals surface area contributed by atoms with Crippen molar-refractivity contribution >= 4 is 38.4 Å². The van der Waals surface area contributed by atoms with Crippen molar-refractivity contribution in [2.75, 3.05) is 39.7 Å². The van der Waals surface area contributed by atoms with Gasteiger partial charge < -0.3 is 29.3 Å². The Bertz CT molecular complexity index is 2260. The summed E-state index contributed by atoms with van der Waals surface area (Å²) in [5.74, 6) is -0.322. The lowest BCUT2D eigenvalue weighted by molar-refractivity contribution is -0.250. The van der Waals surface area contributed by atoms with Crippen LogP contribution in [-0.4, -0.2) is 85.2 Å². The Labute approximate surface area is 352 Å². The summed E-state index contributed by atoms with van der Waals surface area (Å²) in [7, 11) is -2.65. The summed E-state index contributed by atoms with van der Waals surface area (Å²) < 4.78 is 52.2. The van der Waals surface area contributed by atoms with Gasteiger partial charge in [0, 0.05) is 54.6 Å². The van der Waals surface area contributed by atoms with E-state index in [1.165, 1.54) is 4.31 Å². The summed E-state index contributed by atoms with van der Waals surface area (Å²) in [5.41, 5.74) is 2.84. The Morgan fingerprint density at radius 1 is 1.02 bits per heavy atom. The monoisotopic (exact) mass is 841 g/mol. The Hall–Kier alpha value is -4.24. The second kappa shape index (κ2) is 19.0. The van der Waals surface area contributed by atoms with Crippen molar-refractivity contribution < 1.29 is 37.7 Å². The number of fused-ring (bicyclic) bond motifs is 3. The van der Waals surface area contributed by atoms with Gasteiger partial charge in [0.1, 0.15) is 28.8 Å². The van der Waals surface area contributed by atoms with E-state index in [9.17, 15) is 10.2 Å². The molecule has 6 atom stereocenters. The number of nitrogens with zero attached hydrogens (tertiary/aromatic N) is 3. The molecule has 3 aromatic carbocycles. The van der Waals surface area contributed by atoms with Crippen molar-refractivity contribution in [3.05, 3.63) is 109 Å². The molecule has 7 rings (SSSR count). The van der Waals surface area contributed by atoms with Gasteiger partial charge in [-0.1, -0.05) is 48.3 Å². The SMILES string of the molecule is C=CCOC12Oc3ccc(Oc4ccc(SC)cc4)cc3C3C(CCCCO)C(CCCCO)C=C(C(=NOCC)CC1N(C)S(=O)(=O)c1cccc4cccnc14)C32. The molecule has 0 bridgehead atoms. The first-order chi connectivity index (χ1) is 28.7. The zero-order chi connectivity index (χ0) is 41.6. The molecule has 0 saturated heterocycles. The number of oxime groups is 1. The van der Waals surface area contributed by atoms with E-state index in [0.29, 0.717) is 53.3 Å². The number of rotatable bonds is 19. The molecule has 59 heavy (non-hydrogen) atoms. The average molecular weight is 842 g/mol. The highest BCUT2D eigenvalue weighted by atomic mass is 32.2. The number of likely N-dealkylation sites (N-methyl/N-ethyl adjacent to an activating group) is 1. The van der Waals surface area contributed by atoms with Gasteiger partial charge in [0.2, 0.25) is 15.8 Å². The van der Waals surface area contributed by atoms with Crippen LogP contribution in [0.1, 0.15) is 63.4 Å². The third kappa shape index (κ3) is 8.55. The van der Waals surface area contributed by atoms with Gasteiger partial charge in [-0.05, 0) is 111 Å². The number of ether oxygens (including phenoxy) is 3. The summed E-state index contributed by atoms with van der Waals surface area (Å²) in [4.78, 5) is 11.5. The van der Waals surface area contributed by atoms with Gasteiger partial charge in [0.15, 0.2) is 0 Å². The van der Waals surface area contributed by atoms with Crippen LogP contribution in [0.25, 0.3) is 10.9 Å². The predicted molar refractivity (Wildman–Crippen MR) is 232 cm³/mol. The van der Waals surface area contributed by atoms with Crippen LogP contribution >= 0.6 is 11.8 Å². The third-order valence-corrected chi connectivity index (χ3v) is 14.6. The maximum Gasteiger partial charge on any atom is 0.245 e. The fourth-order valence-electron chi connectivity index (χ4n) is 9.30. The molecule has 0 spiro atoms. The van der Waals surface area contributed by atoms with Crippen LogP contribution in [0.3, 0.4) is 0 Å². The molecule has 3 aliphatic rings. The van der Waals surface area contributed by atoms with Crippen LogP contribution in [0.5, 0.6) is 17.2 Å². The minimum absolute atomic E-state index is 0.0238. The highest BCUT2D eigenvalue weighted by molar-refractivity contribution is 7.98. The standard InChI is InChI=1S/C46H55N3O8S2/c1-5-27-54-46-42(49(3)59(52,53)41-17-11-14-31-15-12-24-47-45(31)41)30-39(48-55-6-2)37-28-32(13-7-9-25-50)36(16-8-10-26-51)43(44(37)46)38-29-34(20-23-40(38)57-46)56-33-18-21-35(58-4)22-19-33/h5,11-12,14-15,17-24,28-29,32,36,42-44,50-51H,1,6-10,13,16,25-27,30H2,2-4H3. The van der Waals surface area contributed by atoms with Crippen molar-refractivity contribution in [3.8, 4) is 17.2 Å². The maximum absolute atomic E-state index is 15.1. The largest absolute Gasteiger partial charge is 0.460 e. The number of benzene rings is 3. The third-order valence-electron chi connectivity index (χ3n) is 11.9. The summed E-state index contributed by atoms with van der Waals surface area (Å²) in [6.07, 6.45) is 12.2. The quantitative estimate of drug-likeness (QED) is 0.0408. The van der Waals surface area contributed by atoms with Gasteiger partial charge in [-0.3, -0.25) is 4.98 Å². The minimum atomic E-state index is -4.23. The van der Waals surface area contributed by atoms with Gasteiger partial charge in [-0.2, -0.15) is 4.31 Å². The van der Waals surface area contributed by atoms with E-state index in [-0.39, 0.29) is 48.9 Å². The fourth-order valence-corrected chi connectivity index (χ4v) is 11.2. The van der Waals surface area contributed by atoms with Crippen LogP contribution in [0.15, 0.2) is 118 Å². The molecular formula is C46H55N3O8S2. The highest BCUT2D eigenvalue weighted by Crippen LogP contribution is 2.62. The van der Waals surface area contributed by atoms with Crippen molar-refractivity contribution in [3.63, 3.8) is 0 Å². The van der Waals surface area contributed by atoms with Crippen LogP contribution in [0.4, 0.5) is 0 Å². The lowest BCUT2D eigenvalue weighted by Crippen LogP contribution is -2.69. The van der Waals surface area contributed by atoms with Crippen LogP contribution in [0, 0.1) is 17.8 Å². The molecule has 2 N–H and O–H groups in total. The van der Waals surface area contributed by atoms with Gasteiger partial charge in [-0.25, -0.2) is 8.42 Å². The van der Waals surface area contributed by atoms with Gasteiger partial charge in [0.25, 0.3) is 0 Å². The molecule has 6 unspecified atom stereocenters. The summed E-state index contributed by atoms with van der Waals surface area (Å²) in [6, 6.07) is 21.7. The first kappa shape index (κ1) is 42.9. The normalized spacial score (nSPS) is 24.3. The van der Waals surface area contributed by atoms with Gasteiger partial charge >= 0.3 is 0 Å². The fraction of sp³-hybridized carbons (Fsp3) is 0.435. The molecule has 1 aliphatic heterocycles. The predicted octanol–water partition coefficient (Wildman–Crippen LogP) is 8.72. The molecule has 1 aromatic heterocycles. The molecule has 2 aliphatic carbocycles. The van der Waals surface area contributed by atoms with Crippen LogP contribution < -0.4 is 9.47 Å². The van der Waals surface area contributed by atoms with Crippen LogP contribution in [-0.2, 0) is 19.6 Å². The number of sulfonamides is 1. The Balaban J connectivity index is 1.44. The molecular weight excluding hydrogens is 787 g/mol. The minimum Gasteiger partial charge on any atom is -0.460 e. The van der Waals surface area contributed by atoms with E-state index in [0.717, 1.165) is 41.7 Å². The molecule has 0 radical (unpaired) electrons. The number of pyridine rings is 1. The van der Waals surface area contributed by atoms with E-state index in [4.69, 9.17) is 24.2 Å². The van der Waals surface area contributed by atoms with E-state index >= 15 is 8.42 Å². The Morgan fingerprint density at radius 2 is 1.76 bits per heavy atom. The van der Waals surface area contributed by atoms with Crippen molar-refractivity contribution in [1.82, 2.24) is 9.29 Å². The molecule has 0 amide bonds. The van der Waals surface area contributed by atoms with E-state index in [1.54, 1.807) is 49.3 Å². The van der Waals surface area contributed by atoms with Crippen molar-refractivity contribution in [2.45, 2.75) is 79.4 Å². The molecule has 314 valence electrons. The molecule has 2 heterocycles. The first-order valence-electron chi connectivity index (χ1n) is 20.5. The number of allylic oxidation sites excluding steroid dienone is 1. The number of hydrogen-bond donors (Lipinski definition) is 2. The number of hydrogen-bond acceptors (Lipinski definition) is 11. The molecule has 13 heteroatoms. The van der Waals surface area contributed by atoms with E-state index < -0.39 is 27.8 Å². The second-order valence-electron chi connectivity index (χ2n) is 15.3. The lowest BCUT2D eigenvalue weighted by atomic mass is 9.55. The van der Waals surface area contributed by atoms with E-state index in [2.05, 4.69) is 23.7 Å². The Morgan fingerprint density at radius 3 is 2.49 bits per heavy atom. The number of thioether (sulfide) groups is 1. The first-order valence-corrected chi connectivity index (χ1v) is 23.2. The zero-order valence-corrected chi connectivity index (χ0v) is 35.7.